The van der Waals surface area contributed by atoms with Gasteiger partial charge in [0.25, 0.3) is 0 Å². The summed E-state index contributed by atoms with van der Waals surface area (Å²) in [6.45, 7) is 1.80. The monoisotopic (exact) mass is 321 g/mol. The van der Waals surface area contributed by atoms with Crippen molar-refractivity contribution in [2.24, 2.45) is 0 Å². The molecule has 0 aliphatic heterocycles. The number of nitrogens with two attached hydrogens (primary N) is 1. The first-order chi connectivity index (χ1) is 9.02. The number of nitrogens with one attached hydrogen (secondary N) is 2. The van der Waals surface area contributed by atoms with Crippen LogP contribution in [0.1, 0.15) is 6.92 Å². The number of rotatable bonds is 3. The molecule has 0 aromatic heterocycles. The molecule has 4 N–H and O–H groups in total. The second-order valence-corrected chi connectivity index (χ2v) is 5.31. The summed E-state index contributed by atoms with van der Waals surface area (Å²) in [5, 5.41) is 7.68. The first kappa shape index (κ1) is 13.8. The fourth-order valence-electron chi connectivity index (χ4n) is 1.81. The van der Waals surface area contributed by atoms with E-state index in [-0.39, 0.29) is 11.9 Å². The number of anilines is 2. The number of nitrogen functional groups attached to an aromatic ring is 1. The highest BCUT2D eigenvalue weighted by Gasteiger charge is 2.12. The van der Waals surface area contributed by atoms with Gasteiger partial charge in [-0.3, -0.25) is 4.79 Å². The van der Waals surface area contributed by atoms with Crippen molar-refractivity contribution in [1.82, 2.24) is 5.32 Å². The van der Waals surface area contributed by atoms with E-state index in [0.29, 0.717) is 11.4 Å². The Morgan fingerprint density at radius 3 is 2.74 bits per heavy atom. The zero-order valence-corrected chi connectivity index (χ0v) is 12.4. The first-order valence-corrected chi connectivity index (χ1v) is 6.78. The predicted molar refractivity (Wildman–Crippen MR) is 83.2 cm³/mol. The molecule has 1 atom stereocenters. The molecule has 0 bridgehead atoms. The van der Waals surface area contributed by atoms with Crippen molar-refractivity contribution in [2.45, 2.75) is 13.0 Å². The summed E-state index contributed by atoms with van der Waals surface area (Å²) in [6.07, 6.45) is 0. The van der Waals surface area contributed by atoms with Crippen LogP contribution in [0.4, 0.5) is 11.4 Å². The van der Waals surface area contributed by atoms with Gasteiger partial charge in [-0.15, -0.1) is 0 Å². The minimum atomic E-state index is -0.264. The number of fused-ring (bicyclic) bond motifs is 1. The van der Waals surface area contributed by atoms with Gasteiger partial charge in [-0.1, -0.05) is 28.1 Å². The van der Waals surface area contributed by atoms with Crippen LogP contribution in [-0.4, -0.2) is 19.0 Å². The summed E-state index contributed by atoms with van der Waals surface area (Å²) in [4.78, 5) is 11.8. The van der Waals surface area contributed by atoms with Gasteiger partial charge < -0.3 is 16.4 Å². The Morgan fingerprint density at radius 2 is 2.05 bits per heavy atom. The average molecular weight is 322 g/mol. The molecule has 0 saturated heterocycles. The Labute approximate surface area is 120 Å². The lowest BCUT2D eigenvalue weighted by Gasteiger charge is -2.14. The summed E-state index contributed by atoms with van der Waals surface area (Å²) >= 11 is 3.43. The third-order valence-corrected chi connectivity index (χ3v) is 3.60. The van der Waals surface area contributed by atoms with E-state index in [2.05, 4.69) is 26.6 Å². The van der Waals surface area contributed by atoms with Gasteiger partial charge in [-0.2, -0.15) is 0 Å². The smallest absolute Gasteiger partial charge is 0.241 e. The van der Waals surface area contributed by atoms with Crippen LogP contribution in [0.25, 0.3) is 10.8 Å². The molecular weight excluding hydrogens is 306 g/mol. The van der Waals surface area contributed by atoms with Gasteiger partial charge in [-0.25, -0.2) is 0 Å². The van der Waals surface area contributed by atoms with Gasteiger partial charge in [0.1, 0.15) is 0 Å². The van der Waals surface area contributed by atoms with Crippen molar-refractivity contribution in [3.8, 4) is 0 Å². The van der Waals surface area contributed by atoms with Crippen LogP contribution < -0.4 is 16.4 Å². The van der Waals surface area contributed by atoms with Crippen molar-refractivity contribution < 1.29 is 4.79 Å². The van der Waals surface area contributed by atoms with Crippen LogP contribution in [-0.2, 0) is 4.79 Å². The zero-order valence-electron chi connectivity index (χ0n) is 10.8. The van der Waals surface area contributed by atoms with E-state index in [9.17, 15) is 4.79 Å². The van der Waals surface area contributed by atoms with Crippen LogP contribution in [0.5, 0.6) is 0 Å². The van der Waals surface area contributed by atoms with E-state index in [1.54, 1.807) is 14.0 Å². The highest BCUT2D eigenvalue weighted by molar-refractivity contribution is 9.10. The number of likely N-dealkylation sites (N-methyl/N-ethyl adjacent to an activating group) is 1. The molecule has 2 aromatic carbocycles. The maximum absolute atomic E-state index is 11.8. The van der Waals surface area contributed by atoms with Crippen molar-refractivity contribution in [1.29, 1.82) is 0 Å². The Bertz CT molecular complexity index is 627. The Balaban J connectivity index is 2.38. The van der Waals surface area contributed by atoms with E-state index in [1.807, 2.05) is 30.3 Å². The van der Waals surface area contributed by atoms with Gasteiger partial charge in [0, 0.05) is 9.86 Å². The number of carbonyl (C=O) groups excluding carboxylic acids is 1. The van der Waals surface area contributed by atoms with E-state index in [0.717, 1.165) is 15.2 Å². The lowest BCUT2D eigenvalue weighted by atomic mass is 10.1. The highest BCUT2D eigenvalue weighted by atomic mass is 79.9. The second-order valence-electron chi connectivity index (χ2n) is 4.39. The van der Waals surface area contributed by atoms with Gasteiger partial charge in [0.15, 0.2) is 0 Å². The van der Waals surface area contributed by atoms with E-state index >= 15 is 0 Å². The fraction of sp³-hybridized carbons (Fsp3) is 0.214. The van der Waals surface area contributed by atoms with Crippen molar-refractivity contribution in [2.75, 3.05) is 18.1 Å². The summed E-state index contributed by atoms with van der Waals surface area (Å²) in [5.41, 5.74) is 7.33. The molecule has 0 aliphatic carbocycles. The van der Waals surface area contributed by atoms with Gasteiger partial charge in [0.05, 0.1) is 17.4 Å². The topological polar surface area (TPSA) is 67.2 Å². The Morgan fingerprint density at radius 1 is 1.32 bits per heavy atom. The zero-order chi connectivity index (χ0) is 14.0. The predicted octanol–water partition coefficient (Wildman–Crippen LogP) is 2.73. The quantitative estimate of drug-likeness (QED) is 0.761. The molecule has 0 unspecified atom stereocenters. The van der Waals surface area contributed by atoms with Crippen LogP contribution in [0.15, 0.2) is 34.8 Å². The molecule has 5 heteroatoms. The van der Waals surface area contributed by atoms with E-state index in [1.165, 1.54) is 0 Å². The molecule has 0 aliphatic rings. The normalized spacial score (nSPS) is 12.4. The van der Waals surface area contributed by atoms with Gasteiger partial charge >= 0.3 is 0 Å². The van der Waals surface area contributed by atoms with Crippen molar-refractivity contribution in [3.05, 3.63) is 34.8 Å². The third-order valence-electron chi connectivity index (χ3n) is 3.11. The second kappa shape index (κ2) is 5.59. The van der Waals surface area contributed by atoms with Gasteiger partial charge in [-0.05, 0) is 37.6 Å². The molecule has 19 heavy (non-hydrogen) atoms. The molecule has 2 rings (SSSR count). The molecule has 2 aromatic rings. The minimum absolute atomic E-state index is 0.106. The Kier molecular flexibility index (Phi) is 4.07. The molecule has 1 amide bonds. The molecule has 100 valence electrons. The van der Waals surface area contributed by atoms with Crippen molar-refractivity contribution in [3.63, 3.8) is 0 Å². The van der Waals surface area contributed by atoms with Crippen LogP contribution >= 0.6 is 15.9 Å². The average Bonchev–Trinajstić information content (AvgIpc) is 2.40. The molecule has 0 saturated carbocycles. The number of hydrogen-bond acceptors (Lipinski definition) is 3. The summed E-state index contributed by atoms with van der Waals surface area (Å²) < 4.78 is 1.000. The van der Waals surface area contributed by atoms with E-state index < -0.39 is 0 Å². The molecule has 0 heterocycles. The number of carbonyl (C=O) groups is 1. The molecular formula is C14H16BrN3O. The summed E-state index contributed by atoms with van der Waals surface area (Å²) in [5.74, 6) is -0.106. The lowest BCUT2D eigenvalue weighted by molar-refractivity contribution is -0.117. The highest BCUT2D eigenvalue weighted by Crippen LogP contribution is 2.30. The molecule has 0 fully saturated rings. The van der Waals surface area contributed by atoms with Crippen molar-refractivity contribution >= 4 is 44.0 Å². The third kappa shape index (κ3) is 2.88. The number of hydrogen-bond donors (Lipinski definition) is 3. The van der Waals surface area contributed by atoms with Crippen LogP contribution in [0.3, 0.4) is 0 Å². The maximum atomic E-state index is 11.8. The fourth-order valence-corrected chi connectivity index (χ4v) is 2.18. The van der Waals surface area contributed by atoms with Gasteiger partial charge in [0.2, 0.25) is 5.91 Å². The first-order valence-electron chi connectivity index (χ1n) is 5.99. The maximum Gasteiger partial charge on any atom is 0.241 e. The summed E-state index contributed by atoms with van der Waals surface area (Å²) in [7, 11) is 1.74. The van der Waals surface area contributed by atoms with Crippen LogP contribution in [0, 0.1) is 0 Å². The lowest BCUT2D eigenvalue weighted by Crippen LogP contribution is -2.35. The number of amides is 1. The standard InChI is InChI=1S/C14H16BrN3O/c1-8(17-2)14(19)18-12-6-3-9-7-10(15)4-5-11(9)13(12)16/h3-8,17H,16H2,1-2H3,(H,18,19)/t8-/m0/s1. The molecule has 0 spiro atoms. The Hall–Kier alpha value is -1.59. The molecule has 4 nitrogen and oxygen atoms in total. The number of benzene rings is 2. The minimum Gasteiger partial charge on any atom is -0.397 e. The SMILES string of the molecule is CN[C@@H](C)C(=O)Nc1ccc2cc(Br)ccc2c1N. The summed E-state index contributed by atoms with van der Waals surface area (Å²) in [6, 6.07) is 9.36. The largest absolute Gasteiger partial charge is 0.397 e. The van der Waals surface area contributed by atoms with Crippen LogP contribution in [0.2, 0.25) is 0 Å². The molecule has 0 radical (unpaired) electrons. The van der Waals surface area contributed by atoms with E-state index in [4.69, 9.17) is 5.73 Å². The number of halogens is 1.